The molecule has 2 fully saturated rings. The number of anilines is 3. The lowest BCUT2D eigenvalue weighted by Gasteiger charge is -2.35. The molecule has 12 heteroatoms. The number of amides is 2. The summed E-state index contributed by atoms with van der Waals surface area (Å²) in [4.78, 5) is 35.7. The summed E-state index contributed by atoms with van der Waals surface area (Å²) in [5.41, 5.74) is 7.75. The first-order chi connectivity index (χ1) is 18.5. The van der Waals surface area contributed by atoms with Gasteiger partial charge < -0.3 is 26.0 Å². The van der Waals surface area contributed by atoms with Gasteiger partial charge in [0.2, 0.25) is 0 Å². The molecule has 2 amide bonds. The first kappa shape index (κ1) is 26.1. The van der Waals surface area contributed by atoms with E-state index < -0.39 is 5.60 Å². The van der Waals surface area contributed by atoms with Crippen molar-refractivity contribution < 1.29 is 14.3 Å². The first-order valence-electron chi connectivity index (χ1n) is 12.8. The van der Waals surface area contributed by atoms with Crippen molar-refractivity contribution in [3.05, 3.63) is 59.7 Å². The zero-order valence-corrected chi connectivity index (χ0v) is 22.4. The molecule has 204 valence electrons. The average Bonchev–Trinajstić information content (AvgIpc) is 3.59. The van der Waals surface area contributed by atoms with Gasteiger partial charge in [0, 0.05) is 37.0 Å². The number of hydrogen-bond acceptors (Lipinski definition) is 9. The molecule has 3 aromatic rings. The van der Waals surface area contributed by atoms with Crippen molar-refractivity contribution in [1.82, 2.24) is 24.6 Å². The molecule has 2 aromatic heterocycles. The van der Waals surface area contributed by atoms with Gasteiger partial charge in [-0.05, 0) is 51.7 Å². The molecule has 1 aromatic carbocycles. The Morgan fingerprint density at radius 1 is 1.13 bits per heavy atom. The van der Waals surface area contributed by atoms with Crippen molar-refractivity contribution >= 4 is 35.0 Å². The number of ether oxygens (including phenoxy) is 1. The molecular formula is C27H33N9O3. The number of carbonyl (C=O) groups excluding carboxylic acids is 2. The van der Waals surface area contributed by atoms with Crippen LogP contribution in [0.1, 0.15) is 55.1 Å². The van der Waals surface area contributed by atoms with Crippen LogP contribution in [0.15, 0.2) is 43.0 Å². The normalized spacial score (nSPS) is 20.1. The predicted molar refractivity (Wildman–Crippen MR) is 147 cm³/mol. The van der Waals surface area contributed by atoms with Crippen LogP contribution >= 0.6 is 0 Å². The topological polar surface area (TPSA) is 164 Å². The Bertz CT molecular complexity index is 1410. The predicted octanol–water partition coefficient (Wildman–Crippen LogP) is 3.27. The summed E-state index contributed by atoms with van der Waals surface area (Å²) in [7, 11) is 1.77. The molecule has 1 saturated heterocycles. The summed E-state index contributed by atoms with van der Waals surface area (Å²) >= 11 is 0. The van der Waals surface area contributed by atoms with E-state index in [4.69, 9.17) is 15.9 Å². The Labute approximate surface area is 226 Å². The van der Waals surface area contributed by atoms with E-state index in [-0.39, 0.29) is 35.6 Å². The summed E-state index contributed by atoms with van der Waals surface area (Å²) in [6, 6.07) is 6.59. The monoisotopic (exact) mass is 531 g/mol. The molecule has 39 heavy (non-hydrogen) atoms. The van der Waals surface area contributed by atoms with Crippen LogP contribution in [0, 0.1) is 11.3 Å². The molecular weight excluding hydrogens is 498 g/mol. The van der Waals surface area contributed by atoms with E-state index in [1.54, 1.807) is 53.3 Å². The summed E-state index contributed by atoms with van der Waals surface area (Å²) in [5, 5.41) is 19.2. The van der Waals surface area contributed by atoms with Gasteiger partial charge in [0.05, 0.1) is 29.2 Å². The fourth-order valence-corrected chi connectivity index (χ4v) is 5.26. The quantitative estimate of drug-likeness (QED) is 0.352. The Morgan fingerprint density at radius 3 is 2.49 bits per heavy atom. The van der Waals surface area contributed by atoms with E-state index in [1.165, 1.54) is 6.33 Å². The van der Waals surface area contributed by atoms with Crippen molar-refractivity contribution in [2.75, 3.05) is 22.9 Å². The molecule has 3 atom stereocenters. The molecule has 2 bridgehead atoms. The standard InChI is InChI=1S/C27H33N9O3/c1-27(2,3)39-26(38)36-12-15-9-19(20(36)10-15)34-24-21(23(29)30-14-31-24)22(28)16-5-7-17(8-6-16)25(37)33-18-11-32-35(4)13-18/h5-8,11,13-15,19-20,28H,9-10,12H2,1-4H3,(H,33,37)(H3,29,30,31,34). The SMILES string of the molecule is Cn1cc(NC(=O)c2ccc(C(=N)c3c(N)ncnc3NC3CC4CC3N(C(=O)OC(C)(C)C)C4)cc2)cn1. The van der Waals surface area contributed by atoms with E-state index in [0.717, 1.165) is 12.8 Å². The van der Waals surface area contributed by atoms with Crippen LogP contribution in [0.4, 0.5) is 22.1 Å². The van der Waals surface area contributed by atoms with Crippen LogP contribution in [0.25, 0.3) is 0 Å². The smallest absolute Gasteiger partial charge is 0.410 e. The molecule has 1 aliphatic carbocycles. The highest BCUT2D eigenvalue weighted by molar-refractivity contribution is 6.16. The number of hydrogen-bond donors (Lipinski definition) is 4. The van der Waals surface area contributed by atoms with E-state index in [1.807, 2.05) is 20.8 Å². The summed E-state index contributed by atoms with van der Waals surface area (Å²) in [5.74, 6) is 0.694. The van der Waals surface area contributed by atoms with Crippen LogP contribution in [-0.2, 0) is 11.8 Å². The van der Waals surface area contributed by atoms with Crippen molar-refractivity contribution in [3.8, 4) is 0 Å². The zero-order chi connectivity index (χ0) is 27.9. The van der Waals surface area contributed by atoms with Gasteiger partial charge in [-0.15, -0.1) is 0 Å². The van der Waals surface area contributed by atoms with Gasteiger partial charge in [0.1, 0.15) is 23.6 Å². The van der Waals surface area contributed by atoms with Gasteiger partial charge in [-0.1, -0.05) is 12.1 Å². The molecule has 1 aliphatic heterocycles. The fourth-order valence-electron chi connectivity index (χ4n) is 5.26. The minimum Gasteiger partial charge on any atom is -0.444 e. The third-order valence-corrected chi connectivity index (χ3v) is 6.96. The van der Waals surface area contributed by atoms with Crippen LogP contribution in [0.5, 0.6) is 0 Å². The minimum atomic E-state index is -0.569. The molecule has 0 spiro atoms. The van der Waals surface area contributed by atoms with Crippen molar-refractivity contribution in [2.45, 2.75) is 51.3 Å². The van der Waals surface area contributed by atoms with Crippen molar-refractivity contribution in [3.63, 3.8) is 0 Å². The lowest BCUT2D eigenvalue weighted by atomic mass is 10.0. The maximum atomic E-state index is 12.8. The van der Waals surface area contributed by atoms with E-state index in [2.05, 4.69) is 25.7 Å². The van der Waals surface area contributed by atoms with Crippen molar-refractivity contribution in [2.24, 2.45) is 13.0 Å². The summed E-state index contributed by atoms with van der Waals surface area (Å²) in [6.07, 6.45) is 6.08. The fraction of sp³-hybridized carbons (Fsp3) is 0.407. The van der Waals surface area contributed by atoms with Gasteiger partial charge in [0.25, 0.3) is 5.91 Å². The second-order valence-electron chi connectivity index (χ2n) is 11.1. The van der Waals surface area contributed by atoms with Gasteiger partial charge in [0.15, 0.2) is 0 Å². The molecule has 2 aliphatic rings. The number of nitrogens with one attached hydrogen (secondary N) is 3. The van der Waals surface area contributed by atoms with Crippen LogP contribution in [-0.4, -0.2) is 66.6 Å². The lowest BCUT2D eigenvalue weighted by molar-refractivity contribution is 0.0179. The second kappa shape index (κ2) is 10.0. The lowest BCUT2D eigenvalue weighted by Crippen LogP contribution is -2.49. The Kier molecular flexibility index (Phi) is 6.71. The van der Waals surface area contributed by atoms with Gasteiger partial charge in [-0.25, -0.2) is 14.8 Å². The molecule has 0 radical (unpaired) electrons. The number of piperidine rings is 1. The number of rotatable bonds is 6. The van der Waals surface area contributed by atoms with E-state index >= 15 is 0 Å². The van der Waals surface area contributed by atoms with E-state index in [0.29, 0.717) is 40.7 Å². The van der Waals surface area contributed by atoms with E-state index in [9.17, 15) is 9.59 Å². The molecule has 3 heterocycles. The Balaban J connectivity index is 1.32. The highest BCUT2D eigenvalue weighted by Gasteiger charge is 2.48. The van der Waals surface area contributed by atoms with Gasteiger partial charge in [-0.2, -0.15) is 5.10 Å². The maximum absolute atomic E-state index is 12.8. The number of nitrogens with zero attached hydrogens (tertiary/aromatic N) is 5. The van der Waals surface area contributed by atoms with Crippen LogP contribution in [0.3, 0.4) is 0 Å². The van der Waals surface area contributed by atoms with Gasteiger partial charge in [-0.3, -0.25) is 14.9 Å². The Morgan fingerprint density at radius 2 is 1.85 bits per heavy atom. The molecule has 5 rings (SSSR count). The third-order valence-electron chi connectivity index (χ3n) is 6.96. The molecule has 5 N–H and O–H groups in total. The molecule has 1 saturated carbocycles. The maximum Gasteiger partial charge on any atom is 0.410 e. The second-order valence-corrected chi connectivity index (χ2v) is 11.1. The number of nitrogen functional groups attached to an aromatic ring is 1. The highest BCUT2D eigenvalue weighted by Crippen LogP contribution is 2.40. The number of fused-ring (bicyclic) bond motifs is 2. The average molecular weight is 532 g/mol. The Hall–Kier alpha value is -4.48. The number of likely N-dealkylation sites (tertiary alicyclic amines) is 1. The molecule has 12 nitrogen and oxygen atoms in total. The largest absolute Gasteiger partial charge is 0.444 e. The molecule has 3 unspecified atom stereocenters. The number of aryl methyl sites for hydroxylation is 1. The highest BCUT2D eigenvalue weighted by atomic mass is 16.6. The number of nitrogens with two attached hydrogens (primary N) is 1. The zero-order valence-electron chi connectivity index (χ0n) is 22.4. The number of benzene rings is 1. The van der Waals surface area contributed by atoms with Crippen LogP contribution in [0.2, 0.25) is 0 Å². The number of carbonyl (C=O) groups is 2. The summed E-state index contributed by atoms with van der Waals surface area (Å²) < 4.78 is 7.22. The summed E-state index contributed by atoms with van der Waals surface area (Å²) in [6.45, 7) is 6.25. The third kappa shape index (κ3) is 5.54. The number of aromatic nitrogens is 4. The van der Waals surface area contributed by atoms with Crippen LogP contribution < -0.4 is 16.4 Å². The minimum absolute atomic E-state index is 0.0410. The van der Waals surface area contributed by atoms with Crippen molar-refractivity contribution in [1.29, 1.82) is 5.41 Å². The first-order valence-corrected chi connectivity index (χ1v) is 12.8. The van der Waals surface area contributed by atoms with Gasteiger partial charge >= 0.3 is 6.09 Å².